The van der Waals surface area contributed by atoms with Gasteiger partial charge in [-0.1, -0.05) is 11.6 Å². The molecular formula is C9H9ClN2OS. The normalized spacial score (nSPS) is 11.1. The van der Waals surface area contributed by atoms with Crippen LogP contribution in [-0.4, -0.2) is 14.8 Å². The van der Waals surface area contributed by atoms with Gasteiger partial charge in [0.15, 0.2) is 0 Å². The molecular weight excluding hydrogens is 220 g/mol. The van der Waals surface area contributed by atoms with Crippen LogP contribution >= 0.6 is 23.5 Å². The molecule has 0 atom stereocenters. The number of aryl methyl sites for hydroxylation is 1. The second kappa shape index (κ2) is 3.37. The third kappa shape index (κ3) is 1.26. The lowest BCUT2D eigenvalue weighted by molar-refractivity contribution is 0.879. The van der Waals surface area contributed by atoms with E-state index in [-0.39, 0.29) is 5.69 Å². The van der Waals surface area contributed by atoms with Crippen LogP contribution in [-0.2, 0) is 7.05 Å². The lowest BCUT2D eigenvalue weighted by Gasteiger charge is -1.95. The molecule has 1 aromatic heterocycles. The third-order valence-corrected chi connectivity index (χ3v) is 3.11. The van der Waals surface area contributed by atoms with Crippen molar-refractivity contribution in [2.75, 3.05) is 6.26 Å². The van der Waals surface area contributed by atoms with Gasteiger partial charge in [0.1, 0.15) is 0 Å². The van der Waals surface area contributed by atoms with E-state index in [0.29, 0.717) is 5.02 Å². The number of imidazole rings is 1. The predicted octanol–water partition coefficient (Wildman–Crippen LogP) is 2.12. The maximum atomic E-state index is 11.7. The first kappa shape index (κ1) is 9.68. The molecule has 2 rings (SSSR count). The first-order valence-electron chi connectivity index (χ1n) is 4.06. The molecule has 3 nitrogen and oxygen atoms in total. The zero-order valence-electron chi connectivity index (χ0n) is 7.82. The summed E-state index contributed by atoms with van der Waals surface area (Å²) < 4.78 is 3.24. The zero-order valence-corrected chi connectivity index (χ0v) is 9.39. The number of aromatic nitrogens is 2. The first-order valence-corrected chi connectivity index (χ1v) is 5.62. The second-order valence-corrected chi connectivity index (χ2v) is 4.12. The van der Waals surface area contributed by atoms with E-state index in [9.17, 15) is 4.79 Å². The van der Waals surface area contributed by atoms with Gasteiger partial charge in [-0.3, -0.25) is 4.57 Å². The predicted molar refractivity (Wildman–Crippen MR) is 61.1 cm³/mol. The van der Waals surface area contributed by atoms with Crippen LogP contribution in [0.25, 0.3) is 11.0 Å². The smallest absolute Gasteiger partial charge is 0.294 e. The molecule has 1 aromatic carbocycles. The molecule has 2 aromatic rings. The van der Waals surface area contributed by atoms with Crippen molar-refractivity contribution < 1.29 is 0 Å². The number of hydrogen-bond donors (Lipinski definition) is 0. The molecule has 0 amide bonds. The second-order valence-electron chi connectivity index (χ2n) is 2.95. The van der Waals surface area contributed by atoms with Gasteiger partial charge >= 0.3 is 5.69 Å². The Morgan fingerprint density at radius 1 is 1.36 bits per heavy atom. The van der Waals surface area contributed by atoms with E-state index < -0.39 is 0 Å². The van der Waals surface area contributed by atoms with Crippen molar-refractivity contribution >= 4 is 34.6 Å². The number of hydrogen-bond acceptors (Lipinski definition) is 2. The van der Waals surface area contributed by atoms with Gasteiger partial charge < -0.3 is 0 Å². The minimum atomic E-state index is -0.0326. The van der Waals surface area contributed by atoms with Crippen molar-refractivity contribution in [3.8, 4) is 0 Å². The van der Waals surface area contributed by atoms with Crippen LogP contribution in [0, 0.1) is 0 Å². The highest BCUT2D eigenvalue weighted by Gasteiger charge is 2.09. The molecule has 0 fully saturated rings. The van der Waals surface area contributed by atoms with Crippen molar-refractivity contribution in [2.45, 2.75) is 0 Å². The lowest BCUT2D eigenvalue weighted by atomic mass is 10.3. The van der Waals surface area contributed by atoms with Crippen molar-refractivity contribution in [3.05, 3.63) is 33.7 Å². The van der Waals surface area contributed by atoms with Crippen LogP contribution in [0.4, 0.5) is 0 Å². The molecule has 1 heterocycles. The Labute approximate surface area is 90.4 Å². The van der Waals surface area contributed by atoms with Gasteiger partial charge in [0.25, 0.3) is 0 Å². The fourth-order valence-electron chi connectivity index (χ4n) is 1.46. The number of fused-ring (bicyclic) bond motifs is 1. The summed E-state index contributed by atoms with van der Waals surface area (Å²) in [4.78, 5) is 11.7. The molecule has 74 valence electrons. The summed E-state index contributed by atoms with van der Waals surface area (Å²) in [5.74, 6) is 0. The van der Waals surface area contributed by atoms with Crippen molar-refractivity contribution in [2.24, 2.45) is 7.05 Å². The molecule has 14 heavy (non-hydrogen) atoms. The van der Waals surface area contributed by atoms with E-state index in [2.05, 4.69) is 0 Å². The topological polar surface area (TPSA) is 26.9 Å². The standard InChI is InChI=1S/C9H9ClN2OS/c1-11-8-5-6(10)3-4-7(8)12(14-2)9(11)13/h3-5H,1-2H3. The molecule has 0 aliphatic rings. The molecule has 0 aliphatic heterocycles. The molecule has 0 unspecified atom stereocenters. The molecule has 0 N–H and O–H groups in total. The summed E-state index contributed by atoms with van der Waals surface area (Å²) in [6.45, 7) is 0. The van der Waals surface area contributed by atoms with Gasteiger partial charge in [-0.2, -0.15) is 0 Å². The monoisotopic (exact) mass is 228 g/mol. The lowest BCUT2D eigenvalue weighted by Crippen LogP contribution is -2.17. The highest BCUT2D eigenvalue weighted by atomic mass is 35.5. The Hall–Kier alpha value is -0.870. The summed E-state index contributed by atoms with van der Waals surface area (Å²) in [5.41, 5.74) is 1.72. The van der Waals surface area contributed by atoms with E-state index in [4.69, 9.17) is 11.6 Å². The molecule has 0 radical (unpaired) electrons. The number of nitrogens with zero attached hydrogens (tertiary/aromatic N) is 2. The average Bonchev–Trinajstić information content (AvgIpc) is 2.41. The minimum absolute atomic E-state index is 0.0326. The number of benzene rings is 1. The molecule has 0 bridgehead atoms. The first-order chi connectivity index (χ1) is 6.65. The van der Waals surface area contributed by atoms with Crippen LogP contribution in [0.5, 0.6) is 0 Å². The Kier molecular flexibility index (Phi) is 2.33. The fourth-order valence-corrected chi connectivity index (χ4v) is 2.25. The van der Waals surface area contributed by atoms with Crippen molar-refractivity contribution in [3.63, 3.8) is 0 Å². The van der Waals surface area contributed by atoms with Crippen LogP contribution in [0.1, 0.15) is 0 Å². The van der Waals surface area contributed by atoms with Gasteiger partial charge in [-0.05, 0) is 30.1 Å². The summed E-state index contributed by atoms with van der Waals surface area (Å²) in [5, 5.41) is 0.645. The van der Waals surface area contributed by atoms with Gasteiger partial charge in [0.2, 0.25) is 0 Å². The SMILES string of the molecule is CSn1c(=O)n(C)c2cc(Cl)ccc21. The van der Waals surface area contributed by atoms with Gasteiger partial charge in [0.05, 0.1) is 11.0 Å². The van der Waals surface area contributed by atoms with Gasteiger partial charge in [-0.25, -0.2) is 8.77 Å². The Balaban J connectivity index is 2.96. The maximum absolute atomic E-state index is 11.7. The molecule has 0 saturated heterocycles. The minimum Gasteiger partial charge on any atom is -0.294 e. The van der Waals surface area contributed by atoms with Gasteiger partial charge in [0, 0.05) is 18.3 Å². The number of halogens is 1. The van der Waals surface area contributed by atoms with Crippen molar-refractivity contribution in [1.29, 1.82) is 0 Å². The van der Waals surface area contributed by atoms with Crippen LogP contribution in [0.15, 0.2) is 23.0 Å². The fraction of sp³-hybridized carbons (Fsp3) is 0.222. The summed E-state index contributed by atoms with van der Waals surface area (Å²) in [6, 6.07) is 5.44. The summed E-state index contributed by atoms with van der Waals surface area (Å²) >= 11 is 7.26. The summed E-state index contributed by atoms with van der Waals surface area (Å²) in [7, 11) is 1.74. The maximum Gasteiger partial charge on any atom is 0.339 e. The van der Waals surface area contributed by atoms with Gasteiger partial charge in [-0.15, -0.1) is 0 Å². The third-order valence-electron chi connectivity index (χ3n) is 2.16. The Morgan fingerprint density at radius 3 is 2.71 bits per heavy atom. The van der Waals surface area contributed by atoms with Crippen LogP contribution in [0.2, 0.25) is 5.02 Å². The number of rotatable bonds is 1. The van der Waals surface area contributed by atoms with E-state index in [1.54, 1.807) is 27.7 Å². The van der Waals surface area contributed by atoms with Crippen molar-refractivity contribution in [1.82, 2.24) is 8.54 Å². The summed E-state index contributed by atoms with van der Waals surface area (Å²) in [6.07, 6.45) is 1.87. The molecule has 0 spiro atoms. The average molecular weight is 229 g/mol. The van der Waals surface area contributed by atoms with Crippen LogP contribution in [0.3, 0.4) is 0 Å². The van der Waals surface area contributed by atoms with E-state index in [1.807, 2.05) is 12.3 Å². The van der Waals surface area contributed by atoms with Crippen LogP contribution < -0.4 is 5.69 Å². The Morgan fingerprint density at radius 2 is 2.07 bits per heavy atom. The zero-order chi connectivity index (χ0) is 10.3. The highest BCUT2D eigenvalue weighted by molar-refractivity contribution is 7.97. The van der Waals surface area contributed by atoms with E-state index >= 15 is 0 Å². The molecule has 0 aliphatic carbocycles. The van der Waals surface area contributed by atoms with E-state index in [0.717, 1.165) is 11.0 Å². The molecule has 0 saturated carbocycles. The molecule has 5 heteroatoms. The largest absolute Gasteiger partial charge is 0.339 e. The highest BCUT2D eigenvalue weighted by Crippen LogP contribution is 2.19. The Bertz CT molecular complexity index is 543. The quantitative estimate of drug-likeness (QED) is 0.748. The van der Waals surface area contributed by atoms with E-state index in [1.165, 1.54) is 11.9 Å².